The van der Waals surface area contributed by atoms with Crippen molar-refractivity contribution in [1.82, 2.24) is 14.1 Å². The SMILES string of the molecule is Cc1ccc(CN2c3c(n(C)c(=O)n(CCC4(O)CC4)c3=O)NC2Cc2cccc(OC(F)(F)F)c2)nc1. The highest BCUT2D eigenvalue weighted by Gasteiger charge is 2.41. The summed E-state index contributed by atoms with van der Waals surface area (Å²) >= 11 is 0. The maximum atomic E-state index is 13.7. The van der Waals surface area contributed by atoms with E-state index in [1.807, 2.05) is 19.1 Å². The molecular weight excluding hydrogens is 503 g/mol. The molecule has 1 aromatic carbocycles. The van der Waals surface area contributed by atoms with Crippen LogP contribution in [0.5, 0.6) is 5.75 Å². The van der Waals surface area contributed by atoms with Crippen molar-refractivity contribution < 1.29 is 23.0 Å². The standard InChI is InChI=1S/C26H28F3N5O4/c1-16-6-7-18(30-14-16)15-34-20(13-17-4-3-5-19(12-17)38-26(27,28)29)31-22-21(34)23(35)33(24(36)32(22)2)11-10-25(37)8-9-25/h3-7,12,14,20,31,37H,8-11,13,15H2,1-2H3. The molecular formula is C26H28F3N5O4. The molecule has 2 aliphatic rings. The van der Waals surface area contributed by atoms with E-state index in [0.717, 1.165) is 10.1 Å². The molecule has 202 valence electrons. The summed E-state index contributed by atoms with van der Waals surface area (Å²) in [4.78, 5) is 33.0. The van der Waals surface area contributed by atoms with E-state index in [0.29, 0.717) is 36.3 Å². The fourth-order valence-corrected chi connectivity index (χ4v) is 4.69. The van der Waals surface area contributed by atoms with E-state index in [1.165, 1.54) is 22.8 Å². The molecule has 38 heavy (non-hydrogen) atoms. The normalized spacial score (nSPS) is 17.7. The van der Waals surface area contributed by atoms with Crippen molar-refractivity contribution in [3.05, 3.63) is 80.3 Å². The maximum absolute atomic E-state index is 13.7. The summed E-state index contributed by atoms with van der Waals surface area (Å²) in [5.74, 6) is -0.0220. The molecule has 1 atom stereocenters. The van der Waals surface area contributed by atoms with E-state index < -0.39 is 29.4 Å². The number of rotatable bonds is 8. The van der Waals surface area contributed by atoms with Crippen molar-refractivity contribution in [2.24, 2.45) is 7.05 Å². The van der Waals surface area contributed by atoms with Crippen LogP contribution in [0.4, 0.5) is 24.7 Å². The molecule has 12 heteroatoms. The minimum atomic E-state index is -4.82. The van der Waals surface area contributed by atoms with Crippen LogP contribution in [0.2, 0.25) is 0 Å². The first-order valence-electron chi connectivity index (χ1n) is 12.3. The molecule has 0 radical (unpaired) electrons. The second-order valence-electron chi connectivity index (χ2n) is 9.98. The van der Waals surface area contributed by atoms with Gasteiger partial charge < -0.3 is 20.1 Å². The molecule has 0 bridgehead atoms. The monoisotopic (exact) mass is 531 g/mol. The molecule has 3 aromatic rings. The summed E-state index contributed by atoms with van der Waals surface area (Å²) in [5, 5.41) is 13.5. The predicted molar refractivity (Wildman–Crippen MR) is 134 cm³/mol. The van der Waals surface area contributed by atoms with Crippen molar-refractivity contribution in [2.75, 3.05) is 10.2 Å². The number of aromatic nitrogens is 3. The van der Waals surface area contributed by atoms with E-state index in [-0.39, 0.29) is 30.9 Å². The van der Waals surface area contributed by atoms with Gasteiger partial charge in [-0.2, -0.15) is 0 Å². The molecule has 1 saturated carbocycles. The fourth-order valence-electron chi connectivity index (χ4n) is 4.69. The lowest BCUT2D eigenvalue weighted by Gasteiger charge is -2.26. The Labute approximate surface area is 216 Å². The van der Waals surface area contributed by atoms with Gasteiger partial charge in [-0.15, -0.1) is 13.2 Å². The van der Waals surface area contributed by atoms with Crippen molar-refractivity contribution in [3.63, 3.8) is 0 Å². The first-order chi connectivity index (χ1) is 17.9. The van der Waals surface area contributed by atoms with Crippen LogP contribution in [0.15, 0.2) is 52.2 Å². The molecule has 1 unspecified atom stereocenters. The minimum absolute atomic E-state index is 0.0768. The number of fused-ring (bicyclic) bond motifs is 1. The highest BCUT2D eigenvalue weighted by Crippen LogP contribution is 2.39. The molecule has 5 rings (SSSR count). The van der Waals surface area contributed by atoms with Crippen molar-refractivity contribution in [3.8, 4) is 5.75 Å². The van der Waals surface area contributed by atoms with Gasteiger partial charge in [-0.05, 0) is 55.5 Å². The van der Waals surface area contributed by atoms with Crippen molar-refractivity contribution in [1.29, 1.82) is 0 Å². The average molecular weight is 532 g/mol. The van der Waals surface area contributed by atoms with Gasteiger partial charge >= 0.3 is 12.1 Å². The van der Waals surface area contributed by atoms with E-state index in [1.54, 1.807) is 24.2 Å². The Morgan fingerprint density at radius 1 is 1.21 bits per heavy atom. The molecule has 2 aromatic heterocycles. The largest absolute Gasteiger partial charge is 0.573 e. The Bertz CT molecular complexity index is 1460. The van der Waals surface area contributed by atoms with Gasteiger partial charge in [0.1, 0.15) is 23.4 Å². The molecule has 1 aliphatic heterocycles. The lowest BCUT2D eigenvalue weighted by Crippen LogP contribution is -2.43. The Balaban J connectivity index is 1.51. The van der Waals surface area contributed by atoms with Crippen molar-refractivity contribution >= 4 is 11.5 Å². The molecule has 0 amide bonds. The van der Waals surface area contributed by atoms with Crippen LogP contribution in [0, 0.1) is 6.92 Å². The summed E-state index contributed by atoms with van der Waals surface area (Å²) in [7, 11) is 1.55. The molecule has 1 fully saturated rings. The van der Waals surface area contributed by atoms with Gasteiger partial charge in [-0.3, -0.25) is 18.9 Å². The fraction of sp³-hybridized carbons (Fsp3) is 0.423. The number of anilines is 2. The first kappa shape index (κ1) is 25.8. The lowest BCUT2D eigenvalue weighted by atomic mass is 10.1. The zero-order valence-corrected chi connectivity index (χ0v) is 21.0. The van der Waals surface area contributed by atoms with Gasteiger partial charge in [0.2, 0.25) is 0 Å². The number of alkyl halides is 3. The predicted octanol–water partition coefficient (Wildman–Crippen LogP) is 3.06. The van der Waals surface area contributed by atoms with Gasteiger partial charge in [0.25, 0.3) is 5.56 Å². The van der Waals surface area contributed by atoms with E-state index in [4.69, 9.17) is 0 Å². The molecule has 9 nitrogen and oxygen atoms in total. The Hall–Kier alpha value is -3.80. The summed E-state index contributed by atoms with van der Waals surface area (Å²) in [6.45, 7) is 2.21. The molecule has 0 saturated heterocycles. The summed E-state index contributed by atoms with van der Waals surface area (Å²) in [6, 6.07) is 9.39. The van der Waals surface area contributed by atoms with Crippen molar-refractivity contribution in [2.45, 2.75) is 63.8 Å². The van der Waals surface area contributed by atoms with Crippen LogP contribution in [0.25, 0.3) is 0 Å². The van der Waals surface area contributed by atoms with Gasteiger partial charge in [0, 0.05) is 26.2 Å². The number of halogens is 3. The molecule has 2 N–H and O–H groups in total. The Morgan fingerprint density at radius 2 is 1.97 bits per heavy atom. The minimum Gasteiger partial charge on any atom is -0.406 e. The number of benzene rings is 1. The topological polar surface area (TPSA) is 102 Å². The molecule has 0 spiro atoms. The van der Waals surface area contributed by atoms with E-state index in [2.05, 4.69) is 15.0 Å². The summed E-state index contributed by atoms with van der Waals surface area (Å²) in [6.07, 6.45) is -1.89. The number of ether oxygens (including phenoxy) is 1. The first-order valence-corrected chi connectivity index (χ1v) is 12.3. The number of pyridine rings is 1. The second kappa shape index (κ2) is 9.50. The number of nitrogens with zero attached hydrogens (tertiary/aromatic N) is 4. The molecule has 1 aliphatic carbocycles. The van der Waals surface area contributed by atoms with E-state index in [9.17, 15) is 27.9 Å². The summed E-state index contributed by atoms with van der Waals surface area (Å²) < 4.78 is 44.8. The average Bonchev–Trinajstić information content (AvgIpc) is 3.48. The number of aryl methyl sites for hydroxylation is 1. The highest BCUT2D eigenvalue weighted by atomic mass is 19.4. The van der Waals surface area contributed by atoms with Crippen LogP contribution in [0.1, 0.15) is 36.1 Å². The quantitative estimate of drug-likeness (QED) is 0.461. The van der Waals surface area contributed by atoms with Gasteiger partial charge in [0.05, 0.1) is 17.8 Å². The lowest BCUT2D eigenvalue weighted by molar-refractivity contribution is -0.274. The zero-order valence-electron chi connectivity index (χ0n) is 21.0. The van der Waals surface area contributed by atoms with Crippen LogP contribution in [-0.2, 0) is 26.6 Å². The van der Waals surface area contributed by atoms with Crippen LogP contribution in [0.3, 0.4) is 0 Å². The highest BCUT2D eigenvalue weighted by molar-refractivity contribution is 5.72. The van der Waals surface area contributed by atoms with Crippen LogP contribution in [-0.4, -0.2) is 37.4 Å². The third-order valence-electron chi connectivity index (χ3n) is 6.99. The third-order valence-corrected chi connectivity index (χ3v) is 6.99. The number of hydrogen-bond donors (Lipinski definition) is 2. The summed E-state index contributed by atoms with van der Waals surface area (Å²) in [5.41, 5.74) is 0.610. The van der Waals surface area contributed by atoms with Gasteiger partial charge in [-0.25, -0.2) is 4.79 Å². The van der Waals surface area contributed by atoms with Gasteiger partial charge in [0.15, 0.2) is 0 Å². The van der Waals surface area contributed by atoms with Crippen LogP contribution < -0.4 is 26.2 Å². The Morgan fingerprint density at radius 3 is 2.63 bits per heavy atom. The smallest absolute Gasteiger partial charge is 0.406 e. The number of hydrogen-bond acceptors (Lipinski definition) is 7. The molecule has 3 heterocycles. The number of nitrogens with one attached hydrogen (secondary N) is 1. The number of aliphatic hydroxyl groups is 1. The zero-order chi connectivity index (χ0) is 27.2. The second-order valence-corrected chi connectivity index (χ2v) is 9.98. The van der Waals surface area contributed by atoms with Gasteiger partial charge in [-0.1, -0.05) is 18.2 Å². The van der Waals surface area contributed by atoms with Crippen LogP contribution >= 0.6 is 0 Å². The van der Waals surface area contributed by atoms with E-state index >= 15 is 0 Å². The Kier molecular flexibility index (Phi) is 6.46. The maximum Gasteiger partial charge on any atom is 0.573 e. The third kappa shape index (κ3) is 5.40.